The van der Waals surface area contributed by atoms with E-state index in [1.165, 1.54) is 0 Å². The van der Waals surface area contributed by atoms with Crippen LogP contribution in [-0.4, -0.2) is 20.4 Å². The van der Waals surface area contributed by atoms with E-state index < -0.39 is 0 Å². The second-order valence-corrected chi connectivity index (χ2v) is 7.39. The molecule has 0 bridgehead atoms. The van der Waals surface area contributed by atoms with Gasteiger partial charge in [0.25, 0.3) is 0 Å². The molecule has 3 N–H and O–H groups in total. The highest BCUT2D eigenvalue weighted by Gasteiger charge is 2.22. The maximum absolute atomic E-state index is 7.78. The number of fused-ring (bicyclic) bond motifs is 1. The smallest absolute Gasteiger partial charge is 0.167 e. The summed E-state index contributed by atoms with van der Waals surface area (Å²) >= 11 is 3.50. The van der Waals surface area contributed by atoms with Crippen LogP contribution in [0.2, 0.25) is 0 Å². The Morgan fingerprint density at radius 1 is 1.22 bits per heavy atom. The van der Waals surface area contributed by atoms with Gasteiger partial charge in [-0.3, -0.25) is 5.41 Å². The molecule has 3 rings (SSSR count). The monoisotopic (exact) mass is 371 g/mol. The van der Waals surface area contributed by atoms with Gasteiger partial charge < -0.3 is 5.73 Å². The van der Waals surface area contributed by atoms with Crippen molar-refractivity contribution < 1.29 is 0 Å². The fourth-order valence-corrected chi connectivity index (χ4v) is 2.76. The highest BCUT2D eigenvalue weighted by molar-refractivity contribution is 9.10. The molecule has 118 valence electrons. The first kappa shape index (κ1) is 15.7. The zero-order valence-electron chi connectivity index (χ0n) is 13.3. The second-order valence-electron chi connectivity index (χ2n) is 6.48. The van der Waals surface area contributed by atoms with Gasteiger partial charge in [0.1, 0.15) is 5.84 Å². The molecule has 2 aromatic heterocycles. The quantitative estimate of drug-likeness (QED) is 0.531. The standard InChI is InChI=1S/C17H18BrN5/c1-17(2,3)16-21-15-12(14(19)20)7-8-13(23(15)22-16)10-5-4-6-11(18)9-10/h4-9H,1-3H3,(H3,19,20). The average molecular weight is 372 g/mol. The van der Waals surface area contributed by atoms with Gasteiger partial charge in [0.2, 0.25) is 0 Å². The Labute approximate surface area is 143 Å². The Kier molecular flexibility index (Phi) is 3.72. The first-order valence-corrected chi connectivity index (χ1v) is 8.07. The van der Waals surface area contributed by atoms with E-state index in [0.717, 1.165) is 21.6 Å². The molecule has 0 atom stereocenters. The fourth-order valence-electron chi connectivity index (χ4n) is 2.36. The number of nitrogens with one attached hydrogen (secondary N) is 1. The normalized spacial score (nSPS) is 11.8. The van der Waals surface area contributed by atoms with Gasteiger partial charge in [-0.2, -0.15) is 5.10 Å². The van der Waals surface area contributed by atoms with Gasteiger partial charge in [-0.25, -0.2) is 9.50 Å². The number of nitrogens with two attached hydrogens (primary N) is 1. The lowest BCUT2D eigenvalue weighted by Crippen LogP contribution is -2.13. The summed E-state index contributed by atoms with van der Waals surface area (Å²) in [6.07, 6.45) is 0. The maximum atomic E-state index is 7.78. The molecule has 0 radical (unpaired) electrons. The zero-order valence-corrected chi connectivity index (χ0v) is 14.8. The number of nitrogen functional groups attached to an aromatic ring is 1. The van der Waals surface area contributed by atoms with Gasteiger partial charge in [0.05, 0.1) is 11.3 Å². The van der Waals surface area contributed by atoms with Crippen molar-refractivity contribution in [1.82, 2.24) is 14.6 Å². The summed E-state index contributed by atoms with van der Waals surface area (Å²) in [5.41, 5.74) is 8.65. The van der Waals surface area contributed by atoms with E-state index in [9.17, 15) is 0 Å². The Morgan fingerprint density at radius 2 is 1.96 bits per heavy atom. The minimum absolute atomic E-state index is 0.0105. The SMILES string of the molecule is CC(C)(C)c1nc2c(C(=N)N)ccc(-c3cccc(Br)c3)n2n1. The van der Waals surface area contributed by atoms with Crippen LogP contribution in [0.4, 0.5) is 0 Å². The summed E-state index contributed by atoms with van der Waals surface area (Å²) < 4.78 is 2.77. The van der Waals surface area contributed by atoms with Crippen molar-refractivity contribution in [2.45, 2.75) is 26.2 Å². The molecule has 0 aliphatic carbocycles. The number of aromatic nitrogens is 3. The highest BCUT2D eigenvalue weighted by atomic mass is 79.9. The predicted octanol–water partition coefficient (Wildman–Crippen LogP) is 3.74. The molecule has 6 heteroatoms. The van der Waals surface area contributed by atoms with Gasteiger partial charge in [0, 0.05) is 15.5 Å². The van der Waals surface area contributed by atoms with Crippen molar-refractivity contribution in [2.75, 3.05) is 0 Å². The van der Waals surface area contributed by atoms with Crippen molar-refractivity contribution in [3.63, 3.8) is 0 Å². The molecular formula is C17H18BrN5. The van der Waals surface area contributed by atoms with Gasteiger partial charge in [-0.15, -0.1) is 0 Å². The molecule has 2 heterocycles. The number of hydrogen-bond donors (Lipinski definition) is 2. The van der Waals surface area contributed by atoms with Crippen LogP contribution in [0.1, 0.15) is 32.2 Å². The number of rotatable bonds is 2. The summed E-state index contributed by atoms with van der Waals surface area (Å²) in [5, 5.41) is 12.5. The highest BCUT2D eigenvalue weighted by Crippen LogP contribution is 2.27. The summed E-state index contributed by atoms with van der Waals surface area (Å²) in [6, 6.07) is 11.8. The third-order valence-electron chi connectivity index (χ3n) is 3.57. The number of halogens is 1. The Morgan fingerprint density at radius 3 is 2.57 bits per heavy atom. The molecule has 0 unspecified atom stereocenters. The third-order valence-corrected chi connectivity index (χ3v) is 4.06. The molecular weight excluding hydrogens is 354 g/mol. The molecule has 0 aliphatic heterocycles. The van der Waals surface area contributed by atoms with Crippen LogP contribution in [0.5, 0.6) is 0 Å². The van der Waals surface area contributed by atoms with E-state index in [4.69, 9.17) is 11.1 Å². The molecule has 0 fully saturated rings. The molecule has 5 nitrogen and oxygen atoms in total. The molecule has 0 saturated heterocycles. The van der Waals surface area contributed by atoms with E-state index in [1.54, 1.807) is 4.52 Å². The maximum Gasteiger partial charge on any atom is 0.167 e. The topological polar surface area (TPSA) is 80.1 Å². The van der Waals surface area contributed by atoms with E-state index in [0.29, 0.717) is 11.2 Å². The first-order chi connectivity index (χ1) is 10.8. The molecule has 0 aliphatic rings. The van der Waals surface area contributed by atoms with Gasteiger partial charge in [0.15, 0.2) is 11.5 Å². The largest absolute Gasteiger partial charge is 0.384 e. The van der Waals surface area contributed by atoms with Crippen molar-refractivity contribution in [1.29, 1.82) is 5.41 Å². The molecule has 0 amide bonds. The minimum atomic E-state index is -0.186. The lowest BCUT2D eigenvalue weighted by Gasteiger charge is -2.12. The number of amidine groups is 1. The number of pyridine rings is 1. The van der Waals surface area contributed by atoms with Crippen LogP contribution < -0.4 is 5.73 Å². The van der Waals surface area contributed by atoms with E-state index in [1.807, 2.05) is 36.4 Å². The van der Waals surface area contributed by atoms with Crippen LogP contribution in [0.25, 0.3) is 16.9 Å². The lowest BCUT2D eigenvalue weighted by molar-refractivity contribution is 0.545. The van der Waals surface area contributed by atoms with Gasteiger partial charge >= 0.3 is 0 Å². The molecule has 1 aromatic carbocycles. The molecule has 0 spiro atoms. The second kappa shape index (κ2) is 5.45. The summed E-state index contributed by atoms with van der Waals surface area (Å²) in [4.78, 5) is 4.63. The molecule has 3 aromatic rings. The van der Waals surface area contributed by atoms with Crippen LogP contribution in [0, 0.1) is 5.41 Å². The van der Waals surface area contributed by atoms with Crippen LogP contribution >= 0.6 is 15.9 Å². The third kappa shape index (κ3) is 2.86. The summed E-state index contributed by atoms with van der Waals surface area (Å²) in [5.74, 6) is 0.714. The number of benzene rings is 1. The Bertz CT molecular complexity index is 905. The molecule has 0 saturated carbocycles. The summed E-state index contributed by atoms with van der Waals surface area (Å²) in [6.45, 7) is 6.19. The number of nitrogens with zero attached hydrogens (tertiary/aromatic N) is 3. The van der Waals surface area contributed by atoms with Crippen LogP contribution in [0.3, 0.4) is 0 Å². The van der Waals surface area contributed by atoms with Crippen LogP contribution in [0.15, 0.2) is 40.9 Å². The van der Waals surface area contributed by atoms with Crippen molar-refractivity contribution in [2.24, 2.45) is 5.73 Å². The lowest BCUT2D eigenvalue weighted by atomic mass is 9.96. The van der Waals surface area contributed by atoms with Crippen molar-refractivity contribution in [3.8, 4) is 11.3 Å². The zero-order chi connectivity index (χ0) is 16.8. The van der Waals surface area contributed by atoms with E-state index >= 15 is 0 Å². The van der Waals surface area contributed by atoms with Crippen LogP contribution in [-0.2, 0) is 5.41 Å². The van der Waals surface area contributed by atoms with Gasteiger partial charge in [-0.1, -0.05) is 48.8 Å². The average Bonchev–Trinajstić information content (AvgIpc) is 2.90. The number of hydrogen-bond acceptors (Lipinski definition) is 3. The Hall–Kier alpha value is -2.21. The molecule has 23 heavy (non-hydrogen) atoms. The first-order valence-electron chi connectivity index (χ1n) is 7.28. The predicted molar refractivity (Wildman–Crippen MR) is 95.8 cm³/mol. The minimum Gasteiger partial charge on any atom is -0.384 e. The van der Waals surface area contributed by atoms with E-state index in [-0.39, 0.29) is 11.3 Å². The fraction of sp³-hybridized carbons (Fsp3) is 0.235. The van der Waals surface area contributed by atoms with Gasteiger partial charge in [-0.05, 0) is 24.3 Å². The summed E-state index contributed by atoms with van der Waals surface area (Å²) in [7, 11) is 0. The van der Waals surface area contributed by atoms with Crippen molar-refractivity contribution in [3.05, 3.63) is 52.3 Å². The van der Waals surface area contributed by atoms with Crippen molar-refractivity contribution >= 4 is 27.4 Å². The Balaban J connectivity index is 2.34. The van der Waals surface area contributed by atoms with E-state index in [2.05, 4.69) is 46.8 Å².